The minimum absolute atomic E-state index is 0.191. The van der Waals surface area contributed by atoms with Crippen molar-refractivity contribution in [3.8, 4) is 5.75 Å². The van der Waals surface area contributed by atoms with Gasteiger partial charge in [0.25, 0.3) is 5.91 Å². The zero-order chi connectivity index (χ0) is 28.1. The fraction of sp³-hybridized carbons (Fsp3) is 0.400. The summed E-state index contributed by atoms with van der Waals surface area (Å²) in [5.41, 5.74) is 2.88. The zero-order valence-electron chi connectivity index (χ0n) is 21.2. The molecule has 8 nitrogen and oxygen atoms in total. The van der Waals surface area contributed by atoms with Crippen molar-refractivity contribution >= 4 is 64.8 Å². The summed E-state index contributed by atoms with van der Waals surface area (Å²) in [6.07, 6.45) is 0.484. The maximum absolute atomic E-state index is 13.0. The van der Waals surface area contributed by atoms with E-state index in [0.29, 0.717) is 23.3 Å². The lowest BCUT2D eigenvalue weighted by Crippen LogP contribution is -2.76. The van der Waals surface area contributed by atoms with Crippen LogP contribution in [0.1, 0.15) is 39.9 Å². The number of carbonyl (C=O) groups excluding carboxylic acids is 3. The van der Waals surface area contributed by atoms with Crippen LogP contribution < -0.4 is 10.1 Å². The van der Waals surface area contributed by atoms with Gasteiger partial charge in [-0.3, -0.25) is 19.7 Å². The number of imide groups is 1. The second-order valence-electron chi connectivity index (χ2n) is 10.1. The summed E-state index contributed by atoms with van der Waals surface area (Å²) in [5, 5.41) is -1.39. The number of morpholine rings is 1. The molecule has 14 heteroatoms. The van der Waals surface area contributed by atoms with Crippen LogP contribution >= 0.6 is 0 Å². The third kappa shape index (κ3) is 5.09. The molecule has 0 aliphatic carbocycles. The minimum atomic E-state index is -1.92. The van der Waals surface area contributed by atoms with Crippen LogP contribution in [0.2, 0.25) is 0 Å². The fourth-order valence-corrected chi connectivity index (χ4v) is 5.07. The van der Waals surface area contributed by atoms with Crippen LogP contribution in [0.5, 0.6) is 5.75 Å². The smallest absolute Gasteiger partial charge is 0.255 e. The first-order chi connectivity index (χ1) is 18.4. The van der Waals surface area contributed by atoms with E-state index in [4.69, 9.17) is 56.6 Å². The van der Waals surface area contributed by atoms with E-state index in [0.717, 1.165) is 11.1 Å². The third-order valence-corrected chi connectivity index (χ3v) is 7.44. The Hall–Kier alpha value is -2.84. The second kappa shape index (κ2) is 10.3. The summed E-state index contributed by atoms with van der Waals surface area (Å²) in [4.78, 5) is 39.9. The van der Waals surface area contributed by atoms with E-state index in [1.54, 1.807) is 18.2 Å². The molecule has 1 N–H and O–H groups in total. The van der Waals surface area contributed by atoms with Crippen molar-refractivity contribution < 1.29 is 23.9 Å². The van der Waals surface area contributed by atoms with Crippen LogP contribution in [0.4, 0.5) is 0 Å². The topological polar surface area (TPSA) is 88.2 Å². The maximum atomic E-state index is 13.0. The molecule has 2 aromatic carbocycles. The van der Waals surface area contributed by atoms with Gasteiger partial charge in [-0.1, -0.05) is 30.3 Å². The Labute approximate surface area is 235 Å². The molecule has 3 unspecified atom stereocenters. The molecule has 5 rings (SSSR count). The molecule has 3 heterocycles. The molecule has 0 spiro atoms. The summed E-state index contributed by atoms with van der Waals surface area (Å²) < 4.78 is 11.4. The lowest BCUT2D eigenvalue weighted by molar-refractivity contribution is -0.136. The van der Waals surface area contributed by atoms with E-state index in [1.165, 1.54) is 9.80 Å². The first-order valence-electron chi connectivity index (χ1n) is 12.5. The molecule has 2 saturated heterocycles. The first kappa shape index (κ1) is 27.7. The predicted molar refractivity (Wildman–Crippen MR) is 147 cm³/mol. The summed E-state index contributed by atoms with van der Waals surface area (Å²) in [6, 6.07) is 11.0. The molecule has 3 aliphatic heterocycles. The highest BCUT2D eigenvalue weighted by Crippen LogP contribution is 2.35. The monoisotopic (exact) mass is 509 g/mol. The van der Waals surface area contributed by atoms with Crippen LogP contribution in [-0.2, 0) is 34.0 Å². The lowest BCUT2D eigenvalue weighted by atomic mass is 9.37. The number of piperidine rings is 1. The fourth-order valence-electron chi connectivity index (χ4n) is 5.07. The van der Waals surface area contributed by atoms with Crippen LogP contribution in [0.15, 0.2) is 42.5 Å². The van der Waals surface area contributed by atoms with Gasteiger partial charge in [-0.25, -0.2) is 0 Å². The summed E-state index contributed by atoms with van der Waals surface area (Å²) in [6.45, 7) is 0.673. The highest BCUT2D eigenvalue weighted by Gasteiger charge is 2.48. The van der Waals surface area contributed by atoms with Crippen molar-refractivity contribution in [2.45, 2.75) is 61.3 Å². The maximum Gasteiger partial charge on any atom is 0.255 e. The molecule has 39 heavy (non-hydrogen) atoms. The summed E-state index contributed by atoms with van der Waals surface area (Å²) in [7, 11) is 36.3. The Kier molecular flexibility index (Phi) is 7.31. The van der Waals surface area contributed by atoms with Crippen LogP contribution in [0, 0.1) is 0 Å². The van der Waals surface area contributed by atoms with Gasteiger partial charge >= 0.3 is 0 Å². The van der Waals surface area contributed by atoms with E-state index >= 15 is 0 Å². The number of nitrogens with zero attached hydrogens (tertiary/aromatic N) is 2. The van der Waals surface area contributed by atoms with Gasteiger partial charge in [-0.2, -0.15) is 0 Å². The standard InChI is InChI=1S/C25H21B6N3O5/c26-20-21(27)39-25(30,31)24(28,29)34(20)10-13-4-6-14(7-5-13)12-38-18-3-1-2-15-16(18)11-33(23(15)37)17-8-9-19(35)32-22(17)36/h1-7,17,20-21H,8-12H2,(H,32,35,36). The van der Waals surface area contributed by atoms with Crippen LogP contribution in [0.3, 0.4) is 0 Å². The molecule has 12 radical (unpaired) electrons. The van der Waals surface area contributed by atoms with Crippen molar-refractivity contribution in [2.24, 2.45) is 0 Å². The summed E-state index contributed by atoms with van der Waals surface area (Å²) in [5.74, 6) is -1.34. The molecule has 3 atom stereocenters. The normalized spacial score (nSPS) is 26.2. The molecule has 0 bridgehead atoms. The number of ether oxygens (including phenoxy) is 2. The number of rotatable bonds is 6. The average Bonchev–Trinajstić information content (AvgIpc) is 3.21. The number of hydrogen-bond acceptors (Lipinski definition) is 6. The quantitative estimate of drug-likeness (QED) is 0.391. The van der Waals surface area contributed by atoms with Gasteiger partial charge in [0.2, 0.25) is 11.8 Å². The van der Waals surface area contributed by atoms with Gasteiger partial charge in [0.1, 0.15) is 26.2 Å². The van der Waals surface area contributed by atoms with Crippen molar-refractivity contribution in [3.63, 3.8) is 0 Å². The molecule has 2 fully saturated rings. The molecule has 2 aromatic rings. The molecule has 3 amide bonds. The Balaban J connectivity index is 1.25. The zero-order valence-corrected chi connectivity index (χ0v) is 21.2. The summed E-state index contributed by atoms with van der Waals surface area (Å²) >= 11 is 0. The largest absolute Gasteiger partial charge is 0.489 e. The number of hydrogen-bond donors (Lipinski definition) is 1. The molecular weight excluding hydrogens is 487 g/mol. The Morgan fingerprint density at radius 3 is 2.38 bits per heavy atom. The van der Waals surface area contributed by atoms with Crippen LogP contribution in [0.25, 0.3) is 0 Å². The van der Waals surface area contributed by atoms with E-state index in [-0.39, 0.29) is 37.9 Å². The van der Waals surface area contributed by atoms with E-state index in [2.05, 4.69) is 5.32 Å². The van der Waals surface area contributed by atoms with E-state index in [9.17, 15) is 14.4 Å². The van der Waals surface area contributed by atoms with E-state index in [1.807, 2.05) is 24.3 Å². The Morgan fingerprint density at radius 1 is 1.00 bits per heavy atom. The van der Waals surface area contributed by atoms with Crippen molar-refractivity contribution in [1.29, 1.82) is 0 Å². The molecule has 184 valence electrons. The van der Waals surface area contributed by atoms with Gasteiger partial charge in [0.15, 0.2) is 0 Å². The van der Waals surface area contributed by atoms with Crippen molar-refractivity contribution in [2.75, 3.05) is 0 Å². The van der Waals surface area contributed by atoms with Gasteiger partial charge in [0, 0.05) is 30.1 Å². The number of carbonyl (C=O) groups is 3. The Morgan fingerprint density at radius 2 is 1.69 bits per heavy atom. The SMILES string of the molecule is [B]C1OC([B])([B])C([B])([B])N(Cc2ccc(COc3cccc4c3CN(C3CCC(=O)NC3=O)C4=O)cc2)C1[B]. The number of amides is 3. The third-order valence-electron chi connectivity index (χ3n) is 7.44. The molecule has 3 aliphatic rings. The number of fused-ring (bicyclic) bond motifs is 1. The highest BCUT2D eigenvalue weighted by molar-refractivity contribution is 6.54. The number of benzene rings is 2. The predicted octanol–water partition coefficient (Wildman–Crippen LogP) is -1.17. The first-order valence-corrected chi connectivity index (χ1v) is 12.5. The van der Waals surface area contributed by atoms with Gasteiger partial charge in [-0.05, 0) is 46.4 Å². The van der Waals surface area contributed by atoms with Gasteiger partial charge in [-0.15, -0.1) is 0 Å². The molecule has 0 aromatic heterocycles. The average molecular weight is 508 g/mol. The highest BCUT2D eigenvalue weighted by atomic mass is 16.5. The molecule has 0 saturated carbocycles. The van der Waals surface area contributed by atoms with E-state index < -0.39 is 34.6 Å². The lowest BCUT2D eigenvalue weighted by Gasteiger charge is -2.61. The second-order valence-corrected chi connectivity index (χ2v) is 10.1. The van der Waals surface area contributed by atoms with Gasteiger partial charge in [0.05, 0.1) is 45.8 Å². The molecular formula is C25H21B6N3O5. The Bertz CT molecular complexity index is 1310. The van der Waals surface area contributed by atoms with Gasteiger partial charge < -0.3 is 19.3 Å². The van der Waals surface area contributed by atoms with Crippen molar-refractivity contribution in [1.82, 2.24) is 15.1 Å². The minimum Gasteiger partial charge on any atom is -0.489 e. The number of nitrogens with one attached hydrogen (secondary N) is 1. The van der Waals surface area contributed by atoms with Crippen LogP contribution in [-0.4, -0.2) is 103 Å². The van der Waals surface area contributed by atoms with Crippen molar-refractivity contribution in [3.05, 3.63) is 64.7 Å².